The molecular weight excluding hydrogens is 350 g/mol. The van der Waals surface area contributed by atoms with E-state index in [9.17, 15) is 10.1 Å². The first-order valence-electron chi connectivity index (χ1n) is 8.35. The number of thiophene rings is 1. The van der Waals surface area contributed by atoms with Crippen LogP contribution in [0.15, 0.2) is 35.7 Å². The lowest BCUT2D eigenvalue weighted by Crippen LogP contribution is -2.49. The number of benzene rings is 1. The first-order chi connectivity index (χ1) is 12.7. The van der Waals surface area contributed by atoms with Crippen LogP contribution < -0.4 is 9.47 Å². The number of rotatable bonds is 5. The Labute approximate surface area is 157 Å². The normalized spacial score (nSPS) is 16.0. The maximum Gasteiger partial charge on any atom is 0.254 e. The van der Waals surface area contributed by atoms with E-state index in [0.717, 1.165) is 4.88 Å². The van der Waals surface area contributed by atoms with Crippen molar-refractivity contribution < 1.29 is 14.3 Å². The molecule has 0 saturated carbocycles. The van der Waals surface area contributed by atoms with Crippen LogP contribution in [-0.2, 0) is 0 Å². The lowest BCUT2D eigenvalue weighted by Gasteiger charge is -2.36. The van der Waals surface area contributed by atoms with Crippen LogP contribution in [0.3, 0.4) is 0 Å². The molecule has 2 aromatic rings. The summed E-state index contributed by atoms with van der Waals surface area (Å²) in [5.74, 6) is 1.13. The summed E-state index contributed by atoms with van der Waals surface area (Å²) in [5, 5.41) is 11.5. The fourth-order valence-corrected chi connectivity index (χ4v) is 3.87. The minimum atomic E-state index is -0.246. The van der Waals surface area contributed by atoms with E-state index in [4.69, 9.17) is 9.47 Å². The smallest absolute Gasteiger partial charge is 0.254 e. The summed E-state index contributed by atoms with van der Waals surface area (Å²) in [6, 6.07) is 11.3. The molecule has 1 atom stereocenters. The maximum absolute atomic E-state index is 12.8. The van der Waals surface area contributed by atoms with Gasteiger partial charge in [-0.3, -0.25) is 9.69 Å². The topological polar surface area (TPSA) is 65.8 Å². The van der Waals surface area contributed by atoms with Gasteiger partial charge in [-0.2, -0.15) is 5.26 Å². The second-order valence-corrected chi connectivity index (χ2v) is 6.96. The zero-order valence-electron chi connectivity index (χ0n) is 14.8. The number of nitrogens with zero attached hydrogens (tertiary/aromatic N) is 3. The molecule has 1 saturated heterocycles. The van der Waals surface area contributed by atoms with Crippen LogP contribution in [0.25, 0.3) is 0 Å². The number of amides is 1. The van der Waals surface area contributed by atoms with Crippen molar-refractivity contribution in [3.63, 3.8) is 0 Å². The molecule has 1 aromatic carbocycles. The number of piperazine rings is 1. The number of hydrogen-bond donors (Lipinski definition) is 0. The van der Waals surface area contributed by atoms with Crippen LogP contribution in [0.5, 0.6) is 11.5 Å². The van der Waals surface area contributed by atoms with Crippen molar-refractivity contribution in [1.82, 2.24) is 9.80 Å². The average molecular weight is 371 g/mol. The summed E-state index contributed by atoms with van der Waals surface area (Å²) in [5.41, 5.74) is 0.546. The SMILES string of the molecule is COc1cc(OC)cc(C(=O)N2CCN(C(C#N)c3cccs3)CC2)c1. The lowest BCUT2D eigenvalue weighted by molar-refractivity contribution is 0.0607. The zero-order valence-corrected chi connectivity index (χ0v) is 15.7. The highest BCUT2D eigenvalue weighted by Crippen LogP contribution is 2.27. The molecular formula is C19H21N3O3S. The van der Waals surface area contributed by atoms with Crippen LogP contribution in [-0.4, -0.2) is 56.1 Å². The number of hydrogen-bond acceptors (Lipinski definition) is 6. The molecule has 0 bridgehead atoms. The van der Waals surface area contributed by atoms with Gasteiger partial charge in [0.15, 0.2) is 0 Å². The van der Waals surface area contributed by atoms with Gasteiger partial charge in [-0.25, -0.2) is 0 Å². The largest absolute Gasteiger partial charge is 0.497 e. The Morgan fingerprint density at radius 1 is 1.15 bits per heavy atom. The Morgan fingerprint density at radius 2 is 1.81 bits per heavy atom. The van der Waals surface area contributed by atoms with Crippen molar-refractivity contribution in [2.24, 2.45) is 0 Å². The van der Waals surface area contributed by atoms with E-state index in [1.54, 1.807) is 43.8 Å². The summed E-state index contributed by atoms with van der Waals surface area (Å²) >= 11 is 1.59. The molecule has 1 aromatic heterocycles. The molecule has 136 valence electrons. The summed E-state index contributed by atoms with van der Waals surface area (Å²) < 4.78 is 10.5. The minimum Gasteiger partial charge on any atom is -0.497 e. The molecule has 1 unspecified atom stereocenters. The third kappa shape index (κ3) is 3.82. The number of carbonyl (C=O) groups excluding carboxylic acids is 1. The van der Waals surface area contributed by atoms with E-state index in [1.807, 2.05) is 22.4 Å². The van der Waals surface area contributed by atoms with E-state index in [0.29, 0.717) is 43.2 Å². The van der Waals surface area contributed by atoms with Crippen LogP contribution in [0.4, 0.5) is 0 Å². The summed E-state index contributed by atoms with van der Waals surface area (Å²) in [6.45, 7) is 2.51. The van der Waals surface area contributed by atoms with Crippen molar-refractivity contribution in [3.8, 4) is 17.6 Å². The molecule has 2 heterocycles. The molecule has 6 nitrogen and oxygen atoms in total. The minimum absolute atomic E-state index is 0.0496. The molecule has 7 heteroatoms. The lowest BCUT2D eigenvalue weighted by atomic mass is 10.1. The number of ether oxygens (including phenoxy) is 2. The molecule has 0 radical (unpaired) electrons. The Bertz CT molecular complexity index is 771. The fraction of sp³-hybridized carbons (Fsp3) is 0.368. The van der Waals surface area contributed by atoms with E-state index in [2.05, 4.69) is 11.0 Å². The highest BCUT2D eigenvalue weighted by atomic mass is 32.1. The van der Waals surface area contributed by atoms with E-state index in [-0.39, 0.29) is 11.9 Å². The van der Waals surface area contributed by atoms with Gasteiger partial charge in [0, 0.05) is 42.7 Å². The fourth-order valence-electron chi connectivity index (χ4n) is 3.07. The van der Waals surface area contributed by atoms with Gasteiger partial charge in [0.2, 0.25) is 0 Å². The molecule has 1 fully saturated rings. The van der Waals surface area contributed by atoms with Crippen molar-refractivity contribution in [2.75, 3.05) is 40.4 Å². The van der Waals surface area contributed by atoms with Gasteiger partial charge in [-0.1, -0.05) is 6.07 Å². The predicted molar refractivity (Wildman–Crippen MR) is 99.7 cm³/mol. The predicted octanol–water partition coefficient (Wildman–Crippen LogP) is 2.79. The number of methoxy groups -OCH3 is 2. The van der Waals surface area contributed by atoms with Gasteiger partial charge in [-0.05, 0) is 23.6 Å². The van der Waals surface area contributed by atoms with Gasteiger partial charge >= 0.3 is 0 Å². The monoisotopic (exact) mass is 371 g/mol. The van der Waals surface area contributed by atoms with Gasteiger partial charge < -0.3 is 14.4 Å². The van der Waals surface area contributed by atoms with Crippen LogP contribution in [0.1, 0.15) is 21.3 Å². The zero-order chi connectivity index (χ0) is 18.5. The van der Waals surface area contributed by atoms with Crippen molar-refractivity contribution in [2.45, 2.75) is 6.04 Å². The molecule has 0 spiro atoms. The van der Waals surface area contributed by atoms with Crippen LogP contribution in [0.2, 0.25) is 0 Å². The highest BCUT2D eigenvalue weighted by molar-refractivity contribution is 7.10. The van der Waals surface area contributed by atoms with Gasteiger partial charge in [0.05, 0.1) is 20.3 Å². The van der Waals surface area contributed by atoms with E-state index >= 15 is 0 Å². The molecule has 3 rings (SSSR count). The molecule has 0 N–H and O–H groups in total. The Hall–Kier alpha value is -2.56. The van der Waals surface area contributed by atoms with Crippen molar-refractivity contribution in [3.05, 3.63) is 46.2 Å². The first kappa shape index (κ1) is 18.2. The molecule has 1 aliphatic rings. The quantitative estimate of drug-likeness (QED) is 0.809. The van der Waals surface area contributed by atoms with Crippen LogP contribution >= 0.6 is 11.3 Å². The van der Waals surface area contributed by atoms with Crippen molar-refractivity contribution in [1.29, 1.82) is 5.26 Å². The third-order valence-corrected chi connectivity index (χ3v) is 5.42. The number of nitriles is 1. The second-order valence-electron chi connectivity index (χ2n) is 5.98. The van der Waals surface area contributed by atoms with Crippen molar-refractivity contribution >= 4 is 17.2 Å². The standard InChI is InChI=1S/C19H21N3O3S/c1-24-15-10-14(11-16(12-15)25-2)19(23)22-7-5-21(6-8-22)17(13-20)18-4-3-9-26-18/h3-4,9-12,17H,5-8H2,1-2H3. The molecule has 1 aliphatic heterocycles. The first-order valence-corrected chi connectivity index (χ1v) is 9.23. The molecule has 0 aliphatic carbocycles. The van der Waals surface area contributed by atoms with Gasteiger partial charge in [0.1, 0.15) is 17.5 Å². The van der Waals surface area contributed by atoms with E-state index < -0.39 is 0 Å². The highest BCUT2D eigenvalue weighted by Gasteiger charge is 2.28. The Kier molecular flexibility index (Phi) is 5.76. The van der Waals surface area contributed by atoms with Crippen LogP contribution in [0, 0.1) is 11.3 Å². The second kappa shape index (κ2) is 8.21. The van der Waals surface area contributed by atoms with Gasteiger partial charge in [-0.15, -0.1) is 11.3 Å². The Morgan fingerprint density at radius 3 is 2.31 bits per heavy atom. The van der Waals surface area contributed by atoms with Gasteiger partial charge in [0.25, 0.3) is 5.91 Å². The number of carbonyl (C=O) groups is 1. The third-order valence-electron chi connectivity index (χ3n) is 4.50. The molecule has 1 amide bonds. The summed E-state index contributed by atoms with van der Waals surface area (Å²) in [4.78, 5) is 17.8. The average Bonchev–Trinajstić information content (AvgIpc) is 3.22. The summed E-state index contributed by atoms with van der Waals surface area (Å²) in [7, 11) is 3.13. The molecule has 26 heavy (non-hydrogen) atoms. The maximum atomic E-state index is 12.8. The van der Waals surface area contributed by atoms with E-state index in [1.165, 1.54) is 0 Å². The summed E-state index contributed by atoms with van der Waals surface area (Å²) in [6.07, 6.45) is 0. The Balaban J connectivity index is 1.68.